The van der Waals surface area contributed by atoms with Crippen LogP contribution >= 0.6 is 0 Å². The highest BCUT2D eigenvalue weighted by Crippen LogP contribution is 2.13. The van der Waals surface area contributed by atoms with Crippen LogP contribution in [0.15, 0.2) is 97.2 Å². The molecule has 0 saturated heterocycles. The van der Waals surface area contributed by atoms with Crippen LogP contribution in [0.1, 0.15) is 175 Å². The molecular formula is C49H78O6. The minimum atomic E-state index is -0.816. The predicted octanol–water partition coefficient (Wildman–Crippen LogP) is 13.9. The van der Waals surface area contributed by atoms with E-state index < -0.39 is 6.10 Å². The minimum Gasteiger partial charge on any atom is -0.462 e. The minimum absolute atomic E-state index is 0.111. The van der Waals surface area contributed by atoms with Gasteiger partial charge in [-0.2, -0.15) is 0 Å². The van der Waals surface area contributed by atoms with Crippen LogP contribution < -0.4 is 0 Å². The molecule has 0 heterocycles. The number of allylic oxidation sites excluding steroid dienone is 16. The van der Waals surface area contributed by atoms with Gasteiger partial charge in [0, 0.05) is 19.3 Å². The van der Waals surface area contributed by atoms with Crippen molar-refractivity contribution < 1.29 is 28.6 Å². The van der Waals surface area contributed by atoms with Crippen LogP contribution in [0.3, 0.4) is 0 Å². The van der Waals surface area contributed by atoms with Crippen molar-refractivity contribution in [1.82, 2.24) is 0 Å². The van der Waals surface area contributed by atoms with Gasteiger partial charge in [0.1, 0.15) is 13.2 Å². The Morgan fingerprint density at radius 1 is 0.382 bits per heavy atom. The lowest BCUT2D eigenvalue weighted by atomic mass is 10.1. The average Bonchev–Trinajstić information content (AvgIpc) is 3.18. The molecule has 0 saturated carbocycles. The number of ether oxygens (including phenoxy) is 3. The second-order valence-corrected chi connectivity index (χ2v) is 14.0. The van der Waals surface area contributed by atoms with Crippen molar-refractivity contribution in [3.8, 4) is 0 Å². The smallest absolute Gasteiger partial charge is 0.306 e. The summed E-state index contributed by atoms with van der Waals surface area (Å²) < 4.78 is 16.6. The lowest BCUT2D eigenvalue weighted by Gasteiger charge is -2.18. The van der Waals surface area contributed by atoms with Gasteiger partial charge in [-0.15, -0.1) is 0 Å². The Hall–Kier alpha value is -3.67. The topological polar surface area (TPSA) is 78.9 Å². The molecule has 6 nitrogen and oxygen atoms in total. The second kappa shape index (κ2) is 43.1. The maximum absolute atomic E-state index is 12.7. The molecule has 0 aliphatic rings. The van der Waals surface area contributed by atoms with Gasteiger partial charge in [0.25, 0.3) is 0 Å². The number of carbonyl (C=O) groups excluding carboxylic acids is 3. The van der Waals surface area contributed by atoms with Crippen LogP contribution in [0.25, 0.3) is 0 Å². The van der Waals surface area contributed by atoms with Crippen LogP contribution in [0.2, 0.25) is 0 Å². The zero-order valence-electron chi connectivity index (χ0n) is 35.1. The van der Waals surface area contributed by atoms with Gasteiger partial charge in [0.05, 0.1) is 0 Å². The van der Waals surface area contributed by atoms with E-state index in [4.69, 9.17) is 14.2 Å². The molecule has 0 N–H and O–H groups in total. The number of unbranched alkanes of at least 4 members (excludes halogenated alkanes) is 16. The molecule has 1 unspecified atom stereocenters. The molecule has 0 spiro atoms. The third-order valence-electron chi connectivity index (χ3n) is 8.77. The number of carbonyl (C=O) groups is 3. The van der Waals surface area contributed by atoms with Gasteiger partial charge in [-0.25, -0.2) is 0 Å². The maximum atomic E-state index is 12.7. The Morgan fingerprint density at radius 3 is 1.16 bits per heavy atom. The highest BCUT2D eigenvalue weighted by molar-refractivity contribution is 5.71. The highest BCUT2D eigenvalue weighted by atomic mass is 16.6. The molecule has 0 aromatic rings. The monoisotopic (exact) mass is 763 g/mol. The van der Waals surface area contributed by atoms with E-state index in [9.17, 15) is 14.4 Å². The lowest BCUT2D eigenvalue weighted by molar-refractivity contribution is -0.167. The third-order valence-corrected chi connectivity index (χ3v) is 8.77. The Bertz CT molecular complexity index is 1150. The molecule has 310 valence electrons. The summed E-state index contributed by atoms with van der Waals surface area (Å²) in [5, 5.41) is 0. The maximum Gasteiger partial charge on any atom is 0.306 e. The van der Waals surface area contributed by atoms with E-state index in [0.29, 0.717) is 19.3 Å². The van der Waals surface area contributed by atoms with Gasteiger partial charge in [0.15, 0.2) is 6.10 Å². The molecule has 0 bridgehead atoms. The third kappa shape index (κ3) is 41.3. The first kappa shape index (κ1) is 51.3. The van der Waals surface area contributed by atoms with Gasteiger partial charge in [0.2, 0.25) is 0 Å². The largest absolute Gasteiger partial charge is 0.462 e. The van der Waals surface area contributed by atoms with E-state index in [0.717, 1.165) is 64.2 Å². The number of hydrogen-bond donors (Lipinski definition) is 0. The van der Waals surface area contributed by atoms with Crippen LogP contribution in [-0.4, -0.2) is 37.2 Å². The van der Waals surface area contributed by atoms with E-state index in [1.165, 1.54) is 64.2 Å². The molecule has 1 atom stereocenters. The van der Waals surface area contributed by atoms with Crippen molar-refractivity contribution in [2.75, 3.05) is 13.2 Å². The fraction of sp³-hybridized carbons (Fsp3) is 0.612. The molecule has 0 aromatic heterocycles. The first-order valence-corrected chi connectivity index (χ1v) is 21.8. The Balaban J connectivity index is 4.51. The fourth-order valence-corrected chi connectivity index (χ4v) is 5.53. The summed E-state index contributed by atoms with van der Waals surface area (Å²) in [6.07, 6.45) is 55.4. The van der Waals surface area contributed by atoms with E-state index in [-0.39, 0.29) is 37.5 Å². The van der Waals surface area contributed by atoms with Crippen LogP contribution in [-0.2, 0) is 28.6 Å². The number of esters is 3. The number of rotatable bonds is 37. The SMILES string of the molecule is CC\C=C/C=C\C=C/C=C\C=C/CCCC(=O)OC(COC(=O)CCCCCCCCC\C=C/C=C\C=C/CC)COC(=O)CCCCCCCCCCC. The predicted molar refractivity (Wildman–Crippen MR) is 233 cm³/mol. The van der Waals surface area contributed by atoms with Gasteiger partial charge in [-0.05, 0) is 51.4 Å². The van der Waals surface area contributed by atoms with Gasteiger partial charge in [-0.3, -0.25) is 14.4 Å². The molecule has 0 fully saturated rings. The molecule has 0 radical (unpaired) electrons. The number of hydrogen-bond acceptors (Lipinski definition) is 6. The first-order chi connectivity index (χ1) is 27.0. The van der Waals surface area contributed by atoms with Crippen molar-refractivity contribution in [3.05, 3.63) is 97.2 Å². The van der Waals surface area contributed by atoms with E-state index in [1.54, 1.807) is 0 Å². The normalized spacial score (nSPS) is 13.0. The van der Waals surface area contributed by atoms with E-state index in [1.807, 2.05) is 54.7 Å². The Labute approximate surface area is 337 Å². The summed E-state index contributed by atoms with van der Waals surface area (Å²) >= 11 is 0. The van der Waals surface area contributed by atoms with Crippen LogP contribution in [0, 0.1) is 0 Å². The molecule has 0 aliphatic carbocycles. The molecule has 55 heavy (non-hydrogen) atoms. The zero-order chi connectivity index (χ0) is 40.1. The van der Waals surface area contributed by atoms with Gasteiger partial charge < -0.3 is 14.2 Å². The van der Waals surface area contributed by atoms with Crippen molar-refractivity contribution >= 4 is 17.9 Å². The summed E-state index contributed by atoms with van der Waals surface area (Å²) in [4.78, 5) is 37.6. The molecule has 0 aliphatic heterocycles. The van der Waals surface area contributed by atoms with Crippen molar-refractivity contribution in [2.24, 2.45) is 0 Å². The van der Waals surface area contributed by atoms with Crippen LogP contribution in [0.5, 0.6) is 0 Å². The highest BCUT2D eigenvalue weighted by Gasteiger charge is 2.19. The molecule has 0 rings (SSSR count). The van der Waals surface area contributed by atoms with Gasteiger partial charge in [-0.1, -0.05) is 201 Å². The lowest BCUT2D eigenvalue weighted by Crippen LogP contribution is -2.30. The van der Waals surface area contributed by atoms with Crippen molar-refractivity contribution in [3.63, 3.8) is 0 Å². The summed E-state index contributed by atoms with van der Waals surface area (Å²) in [5.74, 6) is -1.01. The first-order valence-electron chi connectivity index (χ1n) is 21.8. The van der Waals surface area contributed by atoms with E-state index in [2.05, 4.69) is 63.3 Å². The molecule has 6 heteroatoms. The van der Waals surface area contributed by atoms with Crippen LogP contribution in [0.4, 0.5) is 0 Å². The van der Waals surface area contributed by atoms with Crippen molar-refractivity contribution in [2.45, 2.75) is 181 Å². The zero-order valence-corrected chi connectivity index (χ0v) is 35.1. The standard InChI is InChI=1S/C49H78O6/c1-4-7-10-13-16-19-21-23-24-26-27-30-33-36-39-42-48(51)54-45-46(44-53-47(50)41-38-35-32-29-18-15-12-9-6-3)55-49(52)43-40-37-34-31-28-25-22-20-17-14-11-8-5-2/h7-8,10-11,13-14,16-17,19-22,25,28,31,34,46H,4-6,9,12,15,18,23-24,26-27,29-30,32-33,35-45H2,1-3H3/b10-7-,11-8-,16-13-,17-14-,21-19-,22-20-,28-25-,34-31-. The molecular weight excluding hydrogens is 685 g/mol. The summed E-state index contributed by atoms with van der Waals surface area (Å²) in [5.41, 5.74) is 0. The average molecular weight is 763 g/mol. The summed E-state index contributed by atoms with van der Waals surface area (Å²) in [6, 6.07) is 0. The fourth-order valence-electron chi connectivity index (χ4n) is 5.53. The van der Waals surface area contributed by atoms with Gasteiger partial charge >= 0.3 is 17.9 Å². The molecule has 0 amide bonds. The summed E-state index contributed by atoms with van der Waals surface area (Å²) in [6.45, 7) is 6.24. The Morgan fingerprint density at radius 2 is 0.727 bits per heavy atom. The second-order valence-electron chi connectivity index (χ2n) is 14.0. The summed E-state index contributed by atoms with van der Waals surface area (Å²) in [7, 11) is 0. The quantitative estimate of drug-likeness (QED) is 0.0271. The van der Waals surface area contributed by atoms with E-state index >= 15 is 0 Å². The van der Waals surface area contributed by atoms with Crippen molar-refractivity contribution in [1.29, 1.82) is 0 Å². The molecule has 0 aromatic carbocycles. The Kier molecular flexibility index (Phi) is 40.2.